The van der Waals surface area contributed by atoms with Crippen molar-refractivity contribution in [3.8, 4) is 6.07 Å². The third-order valence-corrected chi connectivity index (χ3v) is 6.45. The minimum absolute atomic E-state index is 0. The molecule has 5 fully saturated rings. The fourth-order valence-electron chi connectivity index (χ4n) is 5.80. The molecule has 0 spiro atoms. The van der Waals surface area contributed by atoms with Gasteiger partial charge in [-0.25, -0.2) is 4.39 Å². The number of aliphatic hydroxyl groups is 1. The molecule has 4 atom stereocenters. The molecule has 0 unspecified atom stereocenters. The first-order valence-corrected chi connectivity index (χ1v) is 8.76. The van der Waals surface area contributed by atoms with Crippen LogP contribution in [0.5, 0.6) is 0 Å². The van der Waals surface area contributed by atoms with E-state index in [-0.39, 0.29) is 43.9 Å². The molecule has 1 heterocycles. The van der Waals surface area contributed by atoms with E-state index in [2.05, 4.69) is 5.32 Å². The van der Waals surface area contributed by atoms with Crippen molar-refractivity contribution in [3.05, 3.63) is 0 Å². The molecule has 24 heavy (non-hydrogen) atoms. The molecule has 2 N–H and O–H groups in total. The van der Waals surface area contributed by atoms with E-state index in [4.69, 9.17) is 5.26 Å². The zero-order chi connectivity index (χ0) is 16.2. The normalized spacial score (nSPS) is 45.8. The van der Waals surface area contributed by atoms with Crippen LogP contribution in [0.4, 0.5) is 4.39 Å². The van der Waals surface area contributed by atoms with Crippen molar-refractivity contribution >= 4 is 18.3 Å². The summed E-state index contributed by atoms with van der Waals surface area (Å²) in [6, 6.07) is 1.68. The van der Waals surface area contributed by atoms with Crippen molar-refractivity contribution in [3.63, 3.8) is 0 Å². The third kappa shape index (κ3) is 3.02. The Hall–Kier alpha value is -0.900. The lowest BCUT2D eigenvalue weighted by molar-refractivity contribution is -0.141. The van der Waals surface area contributed by atoms with Crippen molar-refractivity contribution in [2.45, 2.75) is 62.4 Å². The van der Waals surface area contributed by atoms with E-state index in [0.717, 1.165) is 32.1 Å². The standard InChI is InChI=1S/C17H24FN3O2.ClH/c18-13-3-14(7-19)21(9-13)15(22)8-20-16-11-1-10-2-12(16)6-17(23,4-10)5-11;/h10-14,16,20,23H,1-6,8-9H2;1H/t10?,11-,12-,13-,14-,16?,17?;/m0./s1. The second-order valence-electron chi connectivity index (χ2n) is 8.12. The summed E-state index contributed by atoms with van der Waals surface area (Å²) in [6.45, 7) is 0.212. The van der Waals surface area contributed by atoms with Crippen LogP contribution in [0.2, 0.25) is 0 Å². The quantitative estimate of drug-likeness (QED) is 0.800. The second kappa shape index (κ2) is 6.44. The van der Waals surface area contributed by atoms with Crippen molar-refractivity contribution in [2.75, 3.05) is 13.1 Å². The summed E-state index contributed by atoms with van der Waals surface area (Å²) in [7, 11) is 0. The Morgan fingerprint density at radius 1 is 1.29 bits per heavy atom. The highest BCUT2D eigenvalue weighted by Crippen LogP contribution is 2.55. The van der Waals surface area contributed by atoms with Gasteiger partial charge < -0.3 is 15.3 Å². The van der Waals surface area contributed by atoms with Crippen molar-refractivity contribution in [2.24, 2.45) is 17.8 Å². The lowest BCUT2D eigenvalue weighted by atomic mass is 9.52. The highest BCUT2D eigenvalue weighted by molar-refractivity contribution is 5.85. The van der Waals surface area contributed by atoms with E-state index in [1.165, 1.54) is 4.90 Å². The number of hydrogen-bond donors (Lipinski definition) is 2. The van der Waals surface area contributed by atoms with Gasteiger partial charge in [-0.3, -0.25) is 4.79 Å². The summed E-state index contributed by atoms with van der Waals surface area (Å²) < 4.78 is 13.5. The van der Waals surface area contributed by atoms with Gasteiger partial charge in [-0.1, -0.05) is 0 Å². The molecule has 1 saturated heterocycles. The molecule has 0 radical (unpaired) electrons. The van der Waals surface area contributed by atoms with Crippen LogP contribution >= 0.6 is 12.4 Å². The molecule has 7 heteroatoms. The fourth-order valence-corrected chi connectivity index (χ4v) is 5.80. The Morgan fingerprint density at radius 3 is 2.54 bits per heavy atom. The van der Waals surface area contributed by atoms with Gasteiger partial charge in [0.1, 0.15) is 12.2 Å². The molecule has 0 aromatic heterocycles. The van der Waals surface area contributed by atoms with Gasteiger partial charge in [0.05, 0.1) is 24.8 Å². The Labute approximate surface area is 148 Å². The lowest BCUT2D eigenvalue weighted by Gasteiger charge is -2.58. The minimum atomic E-state index is -1.08. The van der Waals surface area contributed by atoms with Crippen molar-refractivity contribution < 1.29 is 14.3 Å². The highest BCUT2D eigenvalue weighted by atomic mass is 35.5. The van der Waals surface area contributed by atoms with Crippen LogP contribution in [-0.2, 0) is 4.79 Å². The third-order valence-electron chi connectivity index (χ3n) is 6.45. The molecule has 1 aliphatic heterocycles. The first-order valence-electron chi connectivity index (χ1n) is 8.76. The topological polar surface area (TPSA) is 76.4 Å². The van der Waals surface area contributed by atoms with Gasteiger partial charge in [-0.2, -0.15) is 5.26 Å². The maximum Gasteiger partial charge on any atom is 0.237 e. The summed E-state index contributed by atoms with van der Waals surface area (Å²) in [5, 5.41) is 23.0. The van der Waals surface area contributed by atoms with Gasteiger partial charge in [0, 0.05) is 12.5 Å². The first-order chi connectivity index (χ1) is 11.0. The van der Waals surface area contributed by atoms with Gasteiger partial charge in [-0.05, 0) is 49.9 Å². The van der Waals surface area contributed by atoms with E-state index in [1.807, 2.05) is 6.07 Å². The van der Waals surface area contributed by atoms with Crippen molar-refractivity contribution in [1.82, 2.24) is 10.2 Å². The molecule has 1 amide bonds. The molecule has 4 aliphatic carbocycles. The van der Waals surface area contributed by atoms with Gasteiger partial charge in [0.15, 0.2) is 0 Å². The number of nitriles is 1. The van der Waals surface area contributed by atoms with Crippen LogP contribution in [0, 0.1) is 29.1 Å². The van der Waals surface area contributed by atoms with Crippen LogP contribution in [0.25, 0.3) is 0 Å². The molecule has 0 aromatic rings. The zero-order valence-electron chi connectivity index (χ0n) is 13.7. The predicted molar refractivity (Wildman–Crippen MR) is 88.2 cm³/mol. The summed E-state index contributed by atoms with van der Waals surface area (Å²) in [6.07, 6.45) is 3.95. The minimum Gasteiger partial charge on any atom is -0.390 e. The number of alkyl halides is 1. The Balaban J connectivity index is 0.00000169. The van der Waals surface area contributed by atoms with E-state index < -0.39 is 17.8 Å². The summed E-state index contributed by atoms with van der Waals surface area (Å²) in [5.74, 6) is 1.35. The Morgan fingerprint density at radius 2 is 1.96 bits per heavy atom. The Bertz CT molecular complexity index is 538. The predicted octanol–water partition coefficient (Wildman–Crippen LogP) is 1.40. The summed E-state index contributed by atoms with van der Waals surface area (Å²) >= 11 is 0. The number of carbonyl (C=O) groups excluding carboxylic acids is 1. The Kier molecular flexibility index (Phi) is 4.80. The molecule has 5 nitrogen and oxygen atoms in total. The molecular formula is C17H25ClFN3O2. The van der Waals surface area contributed by atoms with Crippen LogP contribution in [0.3, 0.4) is 0 Å². The molecule has 5 rings (SSSR count). The van der Waals surface area contributed by atoms with E-state index in [1.54, 1.807) is 0 Å². The number of nitrogens with zero attached hydrogens (tertiary/aromatic N) is 2. The molecule has 4 saturated carbocycles. The largest absolute Gasteiger partial charge is 0.390 e. The number of nitrogens with one attached hydrogen (secondary N) is 1. The SMILES string of the molecule is Cl.N#C[C@@H]1C[C@H](F)CN1C(=O)CNC1[C@H]2CC3C[C@H]1CC(O)(C3)C2. The molecule has 134 valence electrons. The number of carbonyl (C=O) groups is 1. The van der Waals surface area contributed by atoms with Crippen molar-refractivity contribution in [1.29, 1.82) is 5.26 Å². The smallest absolute Gasteiger partial charge is 0.237 e. The molecule has 0 aromatic carbocycles. The lowest BCUT2D eigenvalue weighted by Crippen LogP contribution is -2.61. The number of likely N-dealkylation sites (tertiary alicyclic amines) is 1. The molecule has 4 bridgehead atoms. The highest BCUT2D eigenvalue weighted by Gasteiger charge is 2.54. The average molecular weight is 358 g/mol. The van der Waals surface area contributed by atoms with E-state index in [0.29, 0.717) is 17.8 Å². The summed E-state index contributed by atoms with van der Waals surface area (Å²) in [4.78, 5) is 13.7. The zero-order valence-corrected chi connectivity index (χ0v) is 14.5. The van der Waals surface area contributed by atoms with Gasteiger partial charge >= 0.3 is 0 Å². The van der Waals surface area contributed by atoms with Gasteiger partial charge in [0.2, 0.25) is 5.91 Å². The number of amides is 1. The number of hydrogen-bond acceptors (Lipinski definition) is 4. The van der Waals surface area contributed by atoms with Gasteiger partial charge in [0.25, 0.3) is 0 Å². The number of halogens is 2. The van der Waals surface area contributed by atoms with Crippen LogP contribution in [0.15, 0.2) is 0 Å². The van der Waals surface area contributed by atoms with Gasteiger partial charge in [-0.15, -0.1) is 12.4 Å². The fraction of sp³-hybridized carbons (Fsp3) is 0.882. The van der Waals surface area contributed by atoms with E-state index >= 15 is 0 Å². The van der Waals surface area contributed by atoms with Crippen LogP contribution < -0.4 is 5.32 Å². The second-order valence-corrected chi connectivity index (χ2v) is 8.12. The summed E-state index contributed by atoms with van der Waals surface area (Å²) in [5.41, 5.74) is -0.471. The average Bonchev–Trinajstić information content (AvgIpc) is 2.85. The van der Waals surface area contributed by atoms with Crippen LogP contribution in [-0.4, -0.2) is 52.9 Å². The van der Waals surface area contributed by atoms with E-state index in [9.17, 15) is 14.3 Å². The number of rotatable bonds is 3. The maximum absolute atomic E-state index is 13.5. The monoisotopic (exact) mass is 357 g/mol. The maximum atomic E-state index is 13.5. The van der Waals surface area contributed by atoms with Crippen LogP contribution in [0.1, 0.15) is 38.5 Å². The first kappa shape index (κ1) is 17.9. The molecule has 5 aliphatic rings. The molecular weight excluding hydrogens is 333 g/mol.